The van der Waals surface area contributed by atoms with Gasteiger partial charge in [-0.25, -0.2) is 29.9 Å². The van der Waals surface area contributed by atoms with Crippen LogP contribution in [0, 0.1) is 0 Å². The molecule has 4 heterocycles. The molecule has 9 aromatic rings. The average molecular weight is 785 g/mol. The van der Waals surface area contributed by atoms with Crippen LogP contribution in [0.15, 0.2) is 219 Å². The minimum atomic E-state index is 0.398. The second-order valence-corrected chi connectivity index (χ2v) is 14.5. The first-order valence-corrected chi connectivity index (χ1v) is 20.1. The summed E-state index contributed by atoms with van der Waals surface area (Å²) in [5, 5.41) is 0. The zero-order valence-electron chi connectivity index (χ0n) is 33.6. The Kier molecular flexibility index (Phi) is 11.1. The summed E-state index contributed by atoms with van der Waals surface area (Å²) in [5.74, 6) is 1.20. The van der Waals surface area contributed by atoms with Gasteiger partial charge in [-0.3, -0.25) is 0 Å². The van der Waals surface area contributed by atoms with Crippen LogP contribution in [-0.4, -0.2) is 29.9 Å². The molecule has 290 valence electrons. The molecule has 0 bridgehead atoms. The molecule has 0 saturated heterocycles. The van der Waals surface area contributed by atoms with E-state index in [2.05, 4.69) is 98.4 Å². The molecule has 6 nitrogen and oxygen atoms in total. The van der Waals surface area contributed by atoms with Crippen molar-refractivity contribution in [3.8, 4) is 90.6 Å². The molecule has 61 heavy (non-hydrogen) atoms. The molecule has 6 heteroatoms. The van der Waals surface area contributed by atoms with E-state index in [9.17, 15) is 0 Å². The standard InChI is InChI=1S/C55H40N6/c1-3-4-10-21-38(2)44-32-47(41-26-15-7-16-27-41)56-50(33-44)53-59-54(51-36-45(39-22-11-5-12-23-39)34-48(57-51)42-28-17-8-18-29-42)61-55(60-53)52-37-46(40-24-13-6-14-25-40)35-49(58-52)43-30-19-9-20-31-43/h3-37H,1H2,2H3/b10-4-,38-21+. The number of nitrogens with zero attached hydrogens (tertiary/aromatic N) is 6. The summed E-state index contributed by atoms with van der Waals surface area (Å²) >= 11 is 0. The monoisotopic (exact) mass is 784 g/mol. The largest absolute Gasteiger partial charge is 0.244 e. The Hall–Kier alpha value is -8.22. The van der Waals surface area contributed by atoms with Gasteiger partial charge in [0, 0.05) is 16.7 Å². The van der Waals surface area contributed by atoms with E-state index in [0.717, 1.165) is 67.2 Å². The van der Waals surface area contributed by atoms with Gasteiger partial charge in [0.05, 0.1) is 17.1 Å². The molecule has 9 rings (SSSR count). The summed E-state index contributed by atoms with van der Waals surface area (Å²) in [6.45, 7) is 5.92. The first kappa shape index (κ1) is 38.3. The SMILES string of the molecule is C=C/C=C\C=C(/C)c1cc(-c2ccccc2)nc(-c2nc(-c3cc(-c4ccccc4)cc(-c4ccccc4)n3)nc(-c3cc(-c4ccccc4)cc(-c4ccccc4)n3)n2)c1. The number of pyridine rings is 3. The second kappa shape index (κ2) is 17.7. The molecule has 0 spiro atoms. The Morgan fingerprint density at radius 1 is 0.344 bits per heavy atom. The molecule has 0 saturated carbocycles. The van der Waals surface area contributed by atoms with E-state index in [1.54, 1.807) is 6.08 Å². The maximum atomic E-state index is 5.23. The Bertz CT molecular complexity index is 2760. The van der Waals surface area contributed by atoms with Crippen LogP contribution in [0.1, 0.15) is 12.5 Å². The summed E-state index contributed by atoms with van der Waals surface area (Å²) in [7, 11) is 0. The van der Waals surface area contributed by atoms with Crippen LogP contribution in [-0.2, 0) is 0 Å². The van der Waals surface area contributed by atoms with Gasteiger partial charge < -0.3 is 0 Å². The van der Waals surface area contributed by atoms with Crippen molar-refractivity contribution in [2.45, 2.75) is 6.92 Å². The van der Waals surface area contributed by atoms with E-state index in [1.165, 1.54) is 0 Å². The van der Waals surface area contributed by atoms with E-state index in [-0.39, 0.29) is 0 Å². The van der Waals surface area contributed by atoms with Gasteiger partial charge >= 0.3 is 0 Å². The summed E-state index contributed by atoms with van der Waals surface area (Å²) in [6.07, 6.45) is 7.72. The molecule has 0 amide bonds. The molecule has 0 radical (unpaired) electrons. The number of hydrogen-bond acceptors (Lipinski definition) is 6. The third kappa shape index (κ3) is 8.80. The van der Waals surface area contributed by atoms with Crippen LogP contribution >= 0.6 is 0 Å². The van der Waals surface area contributed by atoms with Crippen LogP contribution in [0.2, 0.25) is 0 Å². The molecule has 0 atom stereocenters. The lowest BCUT2D eigenvalue weighted by atomic mass is 10.0. The van der Waals surface area contributed by atoms with Gasteiger partial charge in [0.2, 0.25) is 0 Å². The topological polar surface area (TPSA) is 77.3 Å². The highest BCUT2D eigenvalue weighted by atomic mass is 15.1. The van der Waals surface area contributed by atoms with Gasteiger partial charge in [0.15, 0.2) is 17.5 Å². The van der Waals surface area contributed by atoms with Crippen molar-refractivity contribution in [1.29, 1.82) is 0 Å². The first-order valence-electron chi connectivity index (χ1n) is 20.1. The van der Waals surface area contributed by atoms with Crippen molar-refractivity contribution in [2.75, 3.05) is 0 Å². The van der Waals surface area contributed by atoms with Gasteiger partial charge in [0.1, 0.15) is 17.1 Å². The zero-order chi connectivity index (χ0) is 41.4. The maximum absolute atomic E-state index is 5.23. The lowest BCUT2D eigenvalue weighted by Gasteiger charge is -2.14. The average Bonchev–Trinajstić information content (AvgIpc) is 3.35. The second-order valence-electron chi connectivity index (χ2n) is 14.5. The molecule has 5 aromatic carbocycles. The van der Waals surface area contributed by atoms with E-state index in [0.29, 0.717) is 34.6 Å². The van der Waals surface area contributed by atoms with Crippen molar-refractivity contribution < 1.29 is 0 Å². The minimum absolute atomic E-state index is 0.398. The first-order chi connectivity index (χ1) is 30.1. The highest BCUT2D eigenvalue weighted by molar-refractivity contribution is 5.79. The molecular formula is C55H40N6. The quantitative estimate of drug-likeness (QED) is 0.122. The van der Waals surface area contributed by atoms with Gasteiger partial charge in [-0.05, 0) is 76.7 Å². The van der Waals surface area contributed by atoms with Crippen LogP contribution in [0.5, 0.6) is 0 Å². The van der Waals surface area contributed by atoms with Gasteiger partial charge in [0.25, 0.3) is 0 Å². The van der Waals surface area contributed by atoms with Crippen molar-refractivity contribution >= 4 is 5.57 Å². The maximum Gasteiger partial charge on any atom is 0.182 e. The number of rotatable bonds is 11. The summed E-state index contributed by atoms with van der Waals surface area (Å²) < 4.78 is 0. The van der Waals surface area contributed by atoms with Crippen molar-refractivity contribution in [2.24, 2.45) is 0 Å². The third-order valence-electron chi connectivity index (χ3n) is 10.3. The molecule has 0 aliphatic heterocycles. The fourth-order valence-corrected chi connectivity index (χ4v) is 7.12. The summed E-state index contributed by atoms with van der Waals surface area (Å²) in [4.78, 5) is 31.4. The normalized spacial score (nSPS) is 11.5. The minimum Gasteiger partial charge on any atom is -0.244 e. The Balaban J connectivity index is 1.32. The molecule has 0 fully saturated rings. The van der Waals surface area contributed by atoms with Crippen molar-refractivity contribution in [3.63, 3.8) is 0 Å². The molecular weight excluding hydrogens is 745 g/mol. The summed E-state index contributed by atoms with van der Waals surface area (Å²) in [6, 6.07) is 63.6. The van der Waals surface area contributed by atoms with Crippen LogP contribution < -0.4 is 0 Å². The van der Waals surface area contributed by atoms with E-state index in [4.69, 9.17) is 29.9 Å². The van der Waals surface area contributed by atoms with Crippen molar-refractivity contribution in [3.05, 3.63) is 225 Å². The Labute approximate surface area is 356 Å². The molecule has 0 N–H and O–H groups in total. The lowest BCUT2D eigenvalue weighted by Crippen LogP contribution is -2.05. The summed E-state index contributed by atoms with van der Waals surface area (Å²) in [5.41, 5.74) is 13.2. The van der Waals surface area contributed by atoms with E-state index >= 15 is 0 Å². The van der Waals surface area contributed by atoms with E-state index in [1.807, 2.05) is 121 Å². The van der Waals surface area contributed by atoms with Crippen molar-refractivity contribution in [1.82, 2.24) is 29.9 Å². The Morgan fingerprint density at radius 3 is 1.03 bits per heavy atom. The zero-order valence-corrected chi connectivity index (χ0v) is 33.6. The smallest absolute Gasteiger partial charge is 0.182 e. The lowest BCUT2D eigenvalue weighted by molar-refractivity contribution is 1.04. The molecule has 0 unspecified atom stereocenters. The van der Waals surface area contributed by atoms with Gasteiger partial charge in [-0.2, -0.15) is 0 Å². The third-order valence-corrected chi connectivity index (χ3v) is 10.3. The highest BCUT2D eigenvalue weighted by Gasteiger charge is 2.20. The number of benzene rings is 5. The fourth-order valence-electron chi connectivity index (χ4n) is 7.12. The Morgan fingerprint density at radius 2 is 0.656 bits per heavy atom. The number of hydrogen-bond donors (Lipinski definition) is 0. The van der Waals surface area contributed by atoms with Crippen LogP contribution in [0.3, 0.4) is 0 Å². The molecule has 4 aromatic heterocycles. The number of allylic oxidation sites excluding steroid dienone is 5. The molecule has 0 aliphatic rings. The van der Waals surface area contributed by atoms with Crippen LogP contribution in [0.4, 0.5) is 0 Å². The van der Waals surface area contributed by atoms with Gasteiger partial charge in [-0.15, -0.1) is 0 Å². The predicted octanol–water partition coefficient (Wildman–Crippen LogP) is 13.5. The van der Waals surface area contributed by atoms with Gasteiger partial charge in [-0.1, -0.05) is 183 Å². The highest BCUT2D eigenvalue weighted by Crippen LogP contribution is 2.34. The predicted molar refractivity (Wildman–Crippen MR) is 250 cm³/mol. The molecule has 0 aliphatic carbocycles. The number of aromatic nitrogens is 6. The van der Waals surface area contributed by atoms with E-state index < -0.39 is 0 Å². The fraction of sp³-hybridized carbons (Fsp3) is 0.0182. The van der Waals surface area contributed by atoms with Crippen LogP contribution in [0.25, 0.3) is 96.2 Å².